The second-order valence-electron chi connectivity index (χ2n) is 10.2. The molecule has 0 saturated heterocycles. The first-order chi connectivity index (χ1) is 21.3. The van der Waals surface area contributed by atoms with Crippen molar-refractivity contribution in [2.45, 2.75) is 0 Å². The number of pyridine rings is 2. The van der Waals surface area contributed by atoms with Gasteiger partial charge in [-0.3, -0.25) is 4.57 Å². The Morgan fingerprint density at radius 3 is 1.70 bits per heavy atom. The summed E-state index contributed by atoms with van der Waals surface area (Å²) in [4.78, 5) is 24.0. The summed E-state index contributed by atoms with van der Waals surface area (Å²) in [5, 5.41) is 2.20. The SMILES string of the molecule is c1ccc(-c2nc(-c3ccccc3)nc(-c3cccc(-c4ccc5c(c4)c4cccnc4n5-c4ccccn4)c3)n2)cc1. The number of hydrogen-bond acceptors (Lipinski definition) is 5. The molecular weight excluding hydrogens is 528 g/mol. The fourth-order valence-corrected chi connectivity index (χ4v) is 5.52. The highest BCUT2D eigenvalue weighted by molar-refractivity contribution is 6.09. The van der Waals surface area contributed by atoms with Crippen molar-refractivity contribution in [3.63, 3.8) is 0 Å². The van der Waals surface area contributed by atoms with E-state index in [4.69, 9.17) is 19.9 Å². The number of rotatable bonds is 5. The van der Waals surface area contributed by atoms with Crippen molar-refractivity contribution in [3.05, 3.63) is 146 Å². The largest absolute Gasteiger partial charge is 0.278 e. The van der Waals surface area contributed by atoms with Gasteiger partial charge in [-0.2, -0.15) is 0 Å². The van der Waals surface area contributed by atoms with Crippen LogP contribution >= 0.6 is 0 Å². The van der Waals surface area contributed by atoms with Crippen molar-refractivity contribution < 1.29 is 0 Å². The summed E-state index contributed by atoms with van der Waals surface area (Å²) >= 11 is 0. The van der Waals surface area contributed by atoms with E-state index in [1.165, 1.54) is 0 Å². The second kappa shape index (κ2) is 10.4. The van der Waals surface area contributed by atoms with E-state index in [1.807, 2.05) is 97.3 Å². The standard InChI is InChI=1S/C37H24N6/c1-3-11-25(12-4-1)34-40-35(26-13-5-2-6-14-26)42-36(41-34)29-16-9-15-27(23-29)28-19-20-32-31(24-28)30-17-10-22-39-37(30)43(32)33-18-7-8-21-38-33/h1-24H. The molecule has 4 heterocycles. The Morgan fingerprint density at radius 1 is 0.395 bits per heavy atom. The van der Waals surface area contributed by atoms with E-state index < -0.39 is 0 Å². The van der Waals surface area contributed by atoms with Gasteiger partial charge in [0.1, 0.15) is 11.5 Å². The topological polar surface area (TPSA) is 69.4 Å². The summed E-state index contributed by atoms with van der Waals surface area (Å²) in [5.41, 5.74) is 6.93. The lowest BCUT2D eigenvalue weighted by Gasteiger charge is -2.10. The Morgan fingerprint density at radius 2 is 1.00 bits per heavy atom. The van der Waals surface area contributed by atoms with E-state index in [2.05, 4.69) is 58.1 Å². The number of benzene rings is 4. The average molecular weight is 553 g/mol. The third-order valence-electron chi connectivity index (χ3n) is 7.56. The van der Waals surface area contributed by atoms with Crippen LogP contribution in [-0.4, -0.2) is 29.5 Å². The maximum atomic E-state index is 4.92. The van der Waals surface area contributed by atoms with Crippen LogP contribution in [0.25, 0.3) is 73.0 Å². The van der Waals surface area contributed by atoms with Gasteiger partial charge in [-0.1, -0.05) is 91.0 Å². The van der Waals surface area contributed by atoms with Gasteiger partial charge in [0.15, 0.2) is 17.5 Å². The van der Waals surface area contributed by atoms with Gasteiger partial charge >= 0.3 is 0 Å². The molecule has 43 heavy (non-hydrogen) atoms. The molecular formula is C37H24N6. The van der Waals surface area contributed by atoms with Crippen LogP contribution in [-0.2, 0) is 0 Å². The van der Waals surface area contributed by atoms with Crippen LogP contribution in [0.3, 0.4) is 0 Å². The molecule has 0 bridgehead atoms. The Labute approximate surface area is 248 Å². The Kier molecular flexibility index (Phi) is 6.01. The summed E-state index contributed by atoms with van der Waals surface area (Å²) in [7, 11) is 0. The molecule has 0 saturated carbocycles. The van der Waals surface area contributed by atoms with E-state index in [0.717, 1.165) is 55.6 Å². The highest BCUT2D eigenvalue weighted by Gasteiger charge is 2.16. The van der Waals surface area contributed by atoms with Crippen molar-refractivity contribution >= 4 is 21.9 Å². The first-order valence-electron chi connectivity index (χ1n) is 14.1. The second-order valence-corrected chi connectivity index (χ2v) is 10.2. The van der Waals surface area contributed by atoms with E-state index in [9.17, 15) is 0 Å². The zero-order valence-electron chi connectivity index (χ0n) is 23.0. The smallest absolute Gasteiger partial charge is 0.164 e. The van der Waals surface area contributed by atoms with Gasteiger partial charge in [0.05, 0.1) is 5.52 Å². The molecule has 0 aliphatic rings. The first-order valence-corrected chi connectivity index (χ1v) is 14.1. The molecule has 6 nitrogen and oxygen atoms in total. The molecule has 202 valence electrons. The first kappa shape index (κ1) is 24.8. The van der Waals surface area contributed by atoms with Crippen LogP contribution in [0.2, 0.25) is 0 Å². The number of fused-ring (bicyclic) bond motifs is 3. The van der Waals surface area contributed by atoms with E-state index in [0.29, 0.717) is 17.5 Å². The average Bonchev–Trinajstić information content (AvgIpc) is 3.43. The predicted octanol–water partition coefficient (Wildman–Crippen LogP) is 8.43. The molecule has 4 aromatic carbocycles. The normalized spacial score (nSPS) is 11.3. The van der Waals surface area contributed by atoms with Crippen LogP contribution in [0.4, 0.5) is 0 Å². The Hall–Kier alpha value is -6.01. The highest BCUT2D eigenvalue weighted by Crippen LogP contribution is 2.34. The molecule has 8 aromatic rings. The summed E-state index contributed by atoms with van der Waals surface area (Å²) in [6, 6.07) is 45.0. The van der Waals surface area contributed by atoms with Crippen molar-refractivity contribution in [2.24, 2.45) is 0 Å². The molecule has 0 N–H and O–H groups in total. The monoisotopic (exact) mass is 552 g/mol. The molecule has 0 atom stereocenters. The van der Waals surface area contributed by atoms with Gasteiger partial charge in [-0.05, 0) is 53.6 Å². The van der Waals surface area contributed by atoms with Crippen LogP contribution in [0.15, 0.2) is 146 Å². The summed E-state index contributed by atoms with van der Waals surface area (Å²) in [6.07, 6.45) is 3.64. The minimum absolute atomic E-state index is 0.631. The predicted molar refractivity (Wildman–Crippen MR) is 171 cm³/mol. The lowest BCUT2D eigenvalue weighted by atomic mass is 10.0. The fourth-order valence-electron chi connectivity index (χ4n) is 5.52. The quantitative estimate of drug-likeness (QED) is 0.214. The van der Waals surface area contributed by atoms with E-state index in [1.54, 1.807) is 0 Å². The Bertz CT molecular complexity index is 2170. The van der Waals surface area contributed by atoms with Crippen molar-refractivity contribution in [3.8, 4) is 51.1 Å². The van der Waals surface area contributed by atoms with Gasteiger partial charge in [0.25, 0.3) is 0 Å². The molecule has 0 spiro atoms. The van der Waals surface area contributed by atoms with Gasteiger partial charge in [0.2, 0.25) is 0 Å². The minimum Gasteiger partial charge on any atom is -0.278 e. The van der Waals surface area contributed by atoms with Gasteiger partial charge in [0, 0.05) is 39.9 Å². The van der Waals surface area contributed by atoms with Crippen molar-refractivity contribution in [1.29, 1.82) is 0 Å². The molecule has 4 aromatic heterocycles. The fraction of sp³-hybridized carbons (Fsp3) is 0. The minimum atomic E-state index is 0.631. The Balaban J connectivity index is 1.27. The lowest BCUT2D eigenvalue weighted by Crippen LogP contribution is -2.00. The van der Waals surface area contributed by atoms with Crippen molar-refractivity contribution in [1.82, 2.24) is 29.5 Å². The molecule has 6 heteroatoms. The maximum Gasteiger partial charge on any atom is 0.164 e. The molecule has 0 radical (unpaired) electrons. The van der Waals surface area contributed by atoms with Crippen LogP contribution < -0.4 is 0 Å². The zero-order valence-corrected chi connectivity index (χ0v) is 23.0. The van der Waals surface area contributed by atoms with Crippen LogP contribution in [0.1, 0.15) is 0 Å². The summed E-state index contributed by atoms with van der Waals surface area (Å²) < 4.78 is 2.12. The van der Waals surface area contributed by atoms with E-state index >= 15 is 0 Å². The van der Waals surface area contributed by atoms with Gasteiger partial charge in [-0.25, -0.2) is 24.9 Å². The lowest BCUT2D eigenvalue weighted by molar-refractivity contribution is 1.06. The number of nitrogens with zero attached hydrogens (tertiary/aromatic N) is 6. The summed E-state index contributed by atoms with van der Waals surface area (Å²) in [6.45, 7) is 0. The number of aromatic nitrogens is 6. The van der Waals surface area contributed by atoms with Crippen LogP contribution in [0, 0.1) is 0 Å². The zero-order chi connectivity index (χ0) is 28.6. The maximum absolute atomic E-state index is 4.92. The van der Waals surface area contributed by atoms with Gasteiger partial charge < -0.3 is 0 Å². The van der Waals surface area contributed by atoms with Gasteiger partial charge in [-0.15, -0.1) is 0 Å². The highest BCUT2D eigenvalue weighted by atomic mass is 15.1. The third kappa shape index (κ3) is 4.51. The molecule has 0 aliphatic carbocycles. The van der Waals surface area contributed by atoms with Crippen LogP contribution in [0.5, 0.6) is 0 Å². The van der Waals surface area contributed by atoms with E-state index in [-0.39, 0.29) is 0 Å². The molecule has 0 aliphatic heterocycles. The molecule has 8 rings (SSSR count). The molecule has 0 unspecified atom stereocenters. The molecule has 0 amide bonds. The summed E-state index contributed by atoms with van der Waals surface area (Å²) in [5.74, 6) is 2.76. The third-order valence-corrected chi connectivity index (χ3v) is 7.56. The number of hydrogen-bond donors (Lipinski definition) is 0. The van der Waals surface area contributed by atoms with Crippen molar-refractivity contribution in [2.75, 3.05) is 0 Å². The molecule has 0 fully saturated rings.